The fraction of sp³-hybridized carbons (Fsp3) is 0.150. The molecule has 3 aromatic heterocycles. The predicted octanol–water partition coefficient (Wildman–Crippen LogP) is 2.95. The molecule has 4 aromatic rings. The molecule has 0 aliphatic heterocycles. The number of hydrogen-bond acceptors (Lipinski definition) is 4. The Balaban J connectivity index is 1.62. The zero-order chi connectivity index (χ0) is 18.6. The molecular weight excluding hydrogens is 342 g/mol. The fourth-order valence-corrected chi connectivity index (χ4v) is 2.82. The third-order valence-electron chi connectivity index (χ3n) is 4.23. The van der Waals surface area contributed by atoms with Gasteiger partial charge in [0, 0.05) is 12.4 Å². The third-order valence-corrected chi connectivity index (χ3v) is 4.23. The largest absolute Gasteiger partial charge is 0.467 e. The summed E-state index contributed by atoms with van der Waals surface area (Å²) in [5.41, 5.74) is 2.55. The lowest BCUT2D eigenvalue weighted by molar-refractivity contribution is 0.0943. The molecule has 4 rings (SSSR count). The van der Waals surface area contributed by atoms with Crippen LogP contribution in [-0.4, -0.2) is 25.5 Å². The van der Waals surface area contributed by atoms with E-state index in [4.69, 9.17) is 4.42 Å². The highest BCUT2D eigenvalue weighted by atomic mass is 16.3. The maximum Gasteiger partial charge on any atom is 0.276 e. The van der Waals surface area contributed by atoms with E-state index in [1.54, 1.807) is 23.1 Å². The Hall–Kier alpha value is -3.61. The van der Waals surface area contributed by atoms with Crippen LogP contribution < -0.4 is 5.32 Å². The van der Waals surface area contributed by atoms with Gasteiger partial charge in [-0.15, -0.1) is 5.10 Å². The van der Waals surface area contributed by atoms with Crippen molar-refractivity contribution in [3.05, 3.63) is 89.8 Å². The molecule has 0 saturated heterocycles. The van der Waals surface area contributed by atoms with Gasteiger partial charge in [-0.25, -0.2) is 4.68 Å². The molecule has 0 aliphatic carbocycles. The van der Waals surface area contributed by atoms with Crippen LogP contribution in [0.4, 0.5) is 0 Å². The summed E-state index contributed by atoms with van der Waals surface area (Å²) in [5.74, 6) is 1.00. The van der Waals surface area contributed by atoms with Crippen LogP contribution in [0.15, 0.2) is 71.6 Å². The van der Waals surface area contributed by atoms with Gasteiger partial charge < -0.3 is 14.3 Å². The molecule has 0 spiro atoms. The summed E-state index contributed by atoms with van der Waals surface area (Å²) in [7, 11) is 0. The van der Waals surface area contributed by atoms with Gasteiger partial charge in [0.15, 0.2) is 11.5 Å². The molecule has 1 N–H and O–H groups in total. The summed E-state index contributed by atoms with van der Waals surface area (Å²) < 4.78 is 8.83. The molecule has 0 saturated carbocycles. The van der Waals surface area contributed by atoms with E-state index in [2.05, 4.69) is 27.8 Å². The molecule has 1 aromatic carbocycles. The molecule has 7 heteroatoms. The highest BCUT2D eigenvalue weighted by Crippen LogP contribution is 2.15. The lowest BCUT2D eigenvalue weighted by atomic mass is 10.1. The number of nitrogens with zero attached hydrogens (tertiary/aromatic N) is 4. The normalized spacial score (nSPS) is 10.9. The van der Waals surface area contributed by atoms with Gasteiger partial charge in [0.2, 0.25) is 0 Å². The molecule has 7 nitrogen and oxygen atoms in total. The SMILES string of the molecule is Cc1ccc(Cn2nnc(C(=O)NCc3ccco3)c2-n2cccc2)cc1. The second-order valence-electron chi connectivity index (χ2n) is 6.26. The number of nitrogens with one attached hydrogen (secondary N) is 1. The number of carbonyl (C=O) groups is 1. The standard InChI is InChI=1S/C20H19N5O2/c1-15-6-8-16(9-7-15)14-25-20(24-10-2-3-11-24)18(22-23-25)19(26)21-13-17-5-4-12-27-17/h2-12H,13-14H2,1H3,(H,21,26). The molecular formula is C20H19N5O2. The van der Waals surface area contributed by atoms with Gasteiger partial charge in [0.1, 0.15) is 5.76 Å². The van der Waals surface area contributed by atoms with E-state index < -0.39 is 0 Å². The molecule has 0 aliphatic rings. The van der Waals surface area contributed by atoms with Crippen LogP contribution in [0.3, 0.4) is 0 Å². The van der Waals surface area contributed by atoms with E-state index in [1.807, 2.05) is 48.1 Å². The van der Waals surface area contributed by atoms with E-state index in [1.165, 1.54) is 5.56 Å². The maximum absolute atomic E-state index is 12.7. The summed E-state index contributed by atoms with van der Waals surface area (Å²) in [4.78, 5) is 12.7. The second kappa shape index (κ2) is 7.33. The van der Waals surface area contributed by atoms with Crippen LogP contribution in [0.5, 0.6) is 0 Å². The second-order valence-corrected chi connectivity index (χ2v) is 6.26. The molecule has 3 heterocycles. The minimum absolute atomic E-state index is 0.268. The minimum atomic E-state index is -0.301. The summed E-state index contributed by atoms with van der Waals surface area (Å²) in [6, 6.07) is 15.6. The lowest BCUT2D eigenvalue weighted by Crippen LogP contribution is -2.24. The number of aryl methyl sites for hydroxylation is 1. The fourth-order valence-electron chi connectivity index (χ4n) is 2.82. The first-order valence-corrected chi connectivity index (χ1v) is 8.63. The smallest absolute Gasteiger partial charge is 0.276 e. The van der Waals surface area contributed by atoms with E-state index >= 15 is 0 Å². The van der Waals surface area contributed by atoms with Crippen LogP contribution in [0.25, 0.3) is 5.82 Å². The van der Waals surface area contributed by atoms with E-state index in [9.17, 15) is 4.79 Å². The lowest BCUT2D eigenvalue weighted by Gasteiger charge is -2.09. The highest BCUT2D eigenvalue weighted by Gasteiger charge is 2.21. The summed E-state index contributed by atoms with van der Waals surface area (Å²) in [5, 5.41) is 11.2. The minimum Gasteiger partial charge on any atom is -0.467 e. The highest BCUT2D eigenvalue weighted by molar-refractivity contribution is 5.95. The van der Waals surface area contributed by atoms with E-state index in [0.717, 1.165) is 5.56 Å². The Morgan fingerprint density at radius 2 is 1.89 bits per heavy atom. The Kier molecular flexibility index (Phi) is 4.57. The van der Waals surface area contributed by atoms with Crippen molar-refractivity contribution in [1.82, 2.24) is 24.9 Å². The topological polar surface area (TPSA) is 77.9 Å². The Morgan fingerprint density at radius 1 is 1.11 bits per heavy atom. The van der Waals surface area contributed by atoms with Crippen molar-refractivity contribution < 1.29 is 9.21 Å². The first-order valence-electron chi connectivity index (χ1n) is 8.63. The molecule has 1 amide bonds. The van der Waals surface area contributed by atoms with Crippen LogP contribution in [0, 0.1) is 6.92 Å². The Labute approximate surface area is 156 Å². The molecule has 0 bridgehead atoms. The first-order chi connectivity index (χ1) is 13.2. The van der Waals surface area contributed by atoms with Crippen molar-refractivity contribution in [2.75, 3.05) is 0 Å². The van der Waals surface area contributed by atoms with Gasteiger partial charge in [-0.2, -0.15) is 0 Å². The monoisotopic (exact) mass is 361 g/mol. The molecule has 136 valence electrons. The van der Waals surface area contributed by atoms with E-state index in [0.29, 0.717) is 24.7 Å². The third kappa shape index (κ3) is 3.67. The number of amides is 1. The molecule has 0 unspecified atom stereocenters. The average molecular weight is 361 g/mol. The average Bonchev–Trinajstić information content (AvgIpc) is 3.43. The van der Waals surface area contributed by atoms with Crippen molar-refractivity contribution in [3.8, 4) is 5.82 Å². The van der Waals surface area contributed by atoms with Crippen molar-refractivity contribution in [2.45, 2.75) is 20.0 Å². The molecule has 0 atom stereocenters. The number of aromatic nitrogens is 4. The number of furan rings is 1. The van der Waals surface area contributed by atoms with Gasteiger partial charge >= 0.3 is 0 Å². The van der Waals surface area contributed by atoms with Crippen molar-refractivity contribution in [2.24, 2.45) is 0 Å². The summed E-state index contributed by atoms with van der Waals surface area (Å²) in [6.07, 6.45) is 5.31. The van der Waals surface area contributed by atoms with Gasteiger partial charge in [0.25, 0.3) is 5.91 Å². The summed E-state index contributed by atoms with van der Waals surface area (Å²) in [6.45, 7) is 2.86. The van der Waals surface area contributed by atoms with Crippen LogP contribution >= 0.6 is 0 Å². The quantitative estimate of drug-likeness (QED) is 0.573. The maximum atomic E-state index is 12.7. The van der Waals surface area contributed by atoms with Crippen LogP contribution in [-0.2, 0) is 13.1 Å². The number of rotatable bonds is 6. The van der Waals surface area contributed by atoms with E-state index in [-0.39, 0.29) is 11.6 Å². The molecule has 0 radical (unpaired) electrons. The van der Waals surface area contributed by atoms with Crippen LogP contribution in [0.2, 0.25) is 0 Å². The van der Waals surface area contributed by atoms with Gasteiger partial charge in [-0.05, 0) is 36.8 Å². The number of carbonyl (C=O) groups excluding carboxylic acids is 1. The van der Waals surface area contributed by atoms with Gasteiger partial charge in [0.05, 0.1) is 19.4 Å². The zero-order valence-corrected chi connectivity index (χ0v) is 14.9. The van der Waals surface area contributed by atoms with Gasteiger partial charge in [-0.3, -0.25) is 4.79 Å². The van der Waals surface area contributed by atoms with Crippen LogP contribution in [0.1, 0.15) is 27.4 Å². The summed E-state index contributed by atoms with van der Waals surface area (Å²) >= 11 is 0. The molecule has 0 fully saturated rings. The zero-order valence-electron chi connectivity index (χ0n) is 14.9. The first kappa shape index (κ1) is 16.8. The Bertz CT molecular complexity index is 1020. The predicted molar refractivity (Wildman–Crippen MR) is 99.5 cm³/mol. The van der Waals surface area contributed by atoms with Gasteiger partial charge in [-0.1, -0.05) is 35.0 Å². The number of hydrogen-bond donors (Lipinski definition) is 1. The molecule has 27 heavy (non-hydrogen) atoms. The Morgan fingerprint density at radius 3 is 2.59 bits per heavy atom. The number of benzene rings is 1. The van der Waals surface area contributed by atoms with Crippen molar-refractivity contribution in [3.63, 3.8) is 0 Å². The van der Waals surface area contributed by atoms with Crippen molar-refractivity contribution >= 4 is 5.91 Å². The van der Waals surface area contributed by atoms with Crippen molar-refractivity contribution in [1.29, 1.82) is 0 Å².